The van der Waals surface area contributed by atoms with Gasteiger partial charge < -0.3 is 16.2 Å². The van der Waals surface area contributed by atoms with Crippen molar-refractivity contribution in [1.29, 1.82) is 0 Å². The van der Waals surface area contributed by atoms with Gasteiger partial charge >= 0.3 is 0 Å². The second kappa shape index (κ2) is 16.7. The van der Waals surface area contributed by atoms with Gasteiger partial charge in [-0.3, -0.25) is 0 Å². The first kappa shape index (κ1) is 28.0. The second-order valence-electron chi connectivity index (χ2n) is 0.238. The van der Waals surface area contributed by atoms with Gasteiger partial charge in [-0.1, -0.05) is 0 Å². The maximum atomic E-state index is 8.36. The molecule has 0 saturated carbocycles. The first-order chi connectivity index (χ1) is 1.73. The first-order valence-corrected chi connectivity index (χ1v) is 0.565. The van der Waals surface area contributed by atoms with Crippen molar-refractivity contribution in [3.63, 3.8) is 0 Å². The van der Waals surface area contributed by atoms with Crippen LogP contribution in [0.3, 0.4) is 0 Å². The molecule has 0 aromatic rings. The summed E-state index contributed by atoms with van der Waals surface area (Å²) in [5.41, 5.74) is 0. The topological polar surface area (TPSA) is 126 Å². The smallest absolute Gasteiger partial charge is 0.291 e. The van der Waals surface area contributed by atoms with Gasteiger partial charge in [-0.15, -0.1) is 10.1 Å². The minimum Gasteiger partial charge on any atom is -0.412 e. The van der Waals surface area contributed by atoms with Gasteiger partial charge in [0.2, 0.25) is 0 Å². The second-order valence-corrected chi connectivity index (χ2v) is 0.238. The van der Waals surface area contributed by atoms with Crippen LogP contribution in [0.15, 0.2) is 0 Å². The number of nitrogens with zero attached hydrogens (tertiary/aromatic N) is 1. The largest absolute Gasteiger partial charge is 0.412 e. The molecule has 6 nitrogen and oxygen atoms in total. The summed E-state index contributed by atoms with van der Waals surface area (Å²) in [6.45, 7) is 0. The van der Waals surface area contributed by atoms with Gasteiger partial charge in [0.05, 0.1) is 0 Å². The van der Waals surface area contributed by atoms with E-state index in [-0.39, 0.29) is 37.2 Å². The van der Waals surface area contributed by atoms with Gasteiger partial charge in [0.15, 0.2) is 0 Å². The first-order valence-electron chi connectivity index (χ1n) is 0.565. The van der Waals surface area contributed by atoms with Crippen molar-refractivity contribution in [3.05, 3.63) is 10.1 Å². The van der Waals surface area contributed by atoms with Gasteiger partial charge in [0.25, 0.3) is 5.09 Å². The molecule has 0 amide bonds. The van der Waals surface area contributed by atoms with Crippen molar-refractivity contribution >= 4 is 26.2 Å². The minimum atomic E-state index is -1.50. The van der Waals surface area contributed by atoms with Crippen molar-refractivity contribution < 1.29 is 21.2 Å². The number of rotatable bonds is 0. The van der Waals surface area contributed by atoms with E-state index in [1.807, 2.05) is 0 Å². The zero-order valence-electron chi connectivity index (χ0n) is 3.16. The molecule has 0 rings (SSSR count). The predicted octanol–water partition coefficient (Wildman–Crippen LogP) is -2.38. The van der Waals surface area contributed by atoms with Crippen LogP contribution in [0, 0.1) is 10.1 Å². The van der Waals surface area contributed by atoms with Crippen LogP contribution < -0.4 is 0 Å². The summed E-state index contributed by atoms with van der Waals surface area (Å²) in [7, 11) is 0. The molecular formula is H5BiNO5. The van der Waals surface area contributed by atoms with Gasteiger partial charge in [0, 0.05) is 26.2 Å². The Balaban J connectivity index is -0.0000000150. The summed E-state index contributed by atoms with van der Waals surface area (Å²) in [5.74, 6) is 0. The molecule has 7 heteroatoms. The molecule has 0 aliphatic carbocycles. The molecule has 0 heterocycles. The Kier molecular flexibility index (Phi) is 66.6. The van der Waals surface area contributed by atoms with E-state index < -0.39 is 5.09 Å². The van der Waals surface area contributed by atoms with E-state index in [2.05, 4.69) is 0 Å². The van der Waals surface area contributed by atoms with Crippen molar-refractivity contribution in [2.75, 3.05) is 0 Å². The molecule has 0 spiro atoms. The van der Waals surface area contributed by atoms with Gasteiger partial charge in [-0.05, 0) is 0 Å². The zero-order chi connectivity index (χ0) is 3.58. The van der Waals surface area contributed by atoms with Gasteiger partial charge in [0.1, 0.15) is 0 Å². The molecule has 0 atom stereocenters. The van der Waals surface area contributed by atoms with Crippen LogP contribution in [-0.4, -0.2) is 47.4 Å². The van der Waals surface area contributed by atoms with Crippen LogP contribution in [0.1, 0.15) is 0 Å². The molecule has 0 saturated heterocycles. The molecule has 45 valence electrons. The van der Waals surface area contributed by atoms with Crippen LogP contribution in [0.2, 0.25) is 0 Å². The van der Waals surface area contributed by atoms with Crippen molar-refractivity contribution in [2.45, 2.75) is 0 Å². The van der Waals surface area contributed by atoms with E-state index in [4.69, 9.17) is 15.3 Å². The molecule has 0 unspecified atom stereocenters. The van der Waals surface area contributed by atoms with E-state index in [0.29, 0.717) is 0 Å². The van der Waals surface area contributed by atoms with Crippen molar-refractivity contribution in [3.8, 4) is 0 Å². The Morgan fingerprint density at radius 3 is 1.43 bits per heavy atom. The quantitative estimate of drug-likeness (QED) is 0.305. The Hall–Kier alpha value is 0.00312. The summed E-state index contributed by atoms with van der Waals surface area (Å²) < 4.78 is 0. The molecule has 0 aromatic heterocycles. The van der Waals surface area contributed by atoms with Gasteiger partial charge in [-0.25, -0.2) is 0 Å². The monoisotopic (exact) mass is 308 g/mol. The summed E-state index contributed by atoms with van der Waals surface area (Å²) in [6, 6.07) is 0. The molecule has 7 heavy (non-hydrogen) atoms. The third-order valence-corrected chi connectivity index (χ3v) is 0. The van der Waals surface area contributed by atoms with Crippen LogP contribution in [0.25, 0.3) is 0 Å². The Morgan fingerprint density at radius 1 is 1.43 bits per heavy atom. The maximum absolute atomic E-state index is 8.36. The third kappa shape index (κ3) is 9900000. The Bertz CT molecular complexity index is 31.1. The molecule has 0 aliphatic heterocycles. The fourth-order valence-electron chi connectivity index (χ4n) is 0. The van der Waals surface area contributed by atoms with Crippen LogP contribution in [0.4, 0.5) is 0 Å². The minimum absolute atomic E-state index is 0. The van der Waals surface area contributed by atoms with Crippen molar-refractivity contribution in [1.82, 2.24) is 0 Å². The third-order valence-electron chi connectivity index (χ3n) is 0. The van der Waals surface area contributed by atoms with Crippen LogP contribution in [-0.2, 0) is 0 Å². The zero-order valence-corrected chi connectivity index (χ0v) is 6.64. The molecule has 0 aliphatic rings. The average molecular weight is 308 g/mol. The average Bonchev–Trinajstić information content (AvgIpc) is 0.811. The number of hydrogen-bond acceptors (Lipinski definition) is 2. The fraction of sp³-hybridized carbons (Fsp3) is 0. The van der Waals surface area contributed by atoms with E-state index in [9.17, 15) is 0 Å². The van der Waals surface area contributed by atoms with Crippen molar-refractivity contribution in [2.24, 2.45) is 0 Å². The summed E-state index contributed by atoms with van der Waals surface area (Å²) >= 11 is 0. The van der Waals surface area contributed by atoms with E-state index in [0.717, 1.165) is 0 Å². The standard InChI is InChI=1S/Bi.HNO3.2H2O/c;2-1(3)4;;/h;(H,2,3,4);2*1H2. The SMILES string of the molecule is O.O.O=[N+]([O-])O.[Bi]. The Labute approximate surface area is 58.0 Å². The van der Waals surface area contributed by atoms with E-state index >= 15 is 0 Å². The number of hydrogen-bond donors (Lipinski definition) is 1. The normalized spacial score (nSPS) is 3.43. The van der Waals surface area contributed by atoms with E-state index in [1.54, 1.807) is 0 Å². The summed E-state index contributed by atoms with van der Waals surface area (Å²) in [5, 5.41) is 13.6. The molecule has 0 bridgehead atoms. The molecule has 5 N–H and O–H groups in total. The molecular weight excluding hydrogens is 303 g/mol. The van der Waals surface area contributed by atoms with Crippen LogP contribution in [0.5, 0.6) is 0 Å². The summed E-state index contributed by atoms with van der Waals surface area (Å²) in [6.07, 6.45) is 0. The molecule has 0 fully saturated rings. The van der Waals surface area contributed by atoms with E-state index in [1.165, 1.54) is 0 Å². The molecule has 0 aromatic carbocycles. The van der Waals surface area contributed by atoms with Gasteiger partial charge in [-0.2, -0.15) is 0 Å². The Morgan fingerprint density at radius 2 is 1.43 bits per heavy atom. The molecule has 3 radical (unpaired) electrons. The maximum Gasteiger partial charge on any atom is 0.291 e. The summed E-state index contributed by atoms with van der Waals surface area (Å²) in [4.78, 5) is 8.36. The van der Waals surface area contributed by atoms with Crippen LogP contribution >= 0.6 is 0 Å². The predicted molar refractivity (Wildman–Crippen MR) is 21.8 cm³/mol. The fourth-order valence-corrected chi connectivity index (χ4v) is 0.